The van der Waals surface area contributed by atoms with E-state index in [1.54, 1.807) is 0 Å². The van der Waals surface area contributed by atoms with E-state index in [1.807, 2.05) is 66.7 Å². The van der Waals surface area contributed by atoms with Crippen molar-refractivity contribution in [3.05, 3.63) is 71.2 Å². The van der Waals surface area contributed by atoms with Crippen LogP contribution < -0.4 is 0 Å². The first kappa shape index (κ1) is 15.9. The van der Waals surface area contributed by atoms with Gasteiger partial charge in [-0.05, 0) is 25.0 Å². The fourth-order valence-electron chi connectivity index (χ4n) is 1.24. The zero-order chi connectivity index (χ0) is 13.6. The number of hydrogen-bond acceptors (Lipinski definition) is 2. The van der Waals surface area contributed by atoms with E-state index >= 15 is 0 Å². The van der Waals surface area contributed by atoms with Crippen LogP contribution in [0.15, 0.2) is 71.2 Å². The number of benzene rings is 2. The Morgan fingerprint density at radius 1 is 0.632 bits per heavy atom. The van der Waals surface area contributed by atoms with Crippen LogP contribution in [-0.4, -0.2) is 13.2 Å². The topological polar surface area (TPSA) is 18.5 Å². The number of hydrogen-bond donors (Lipinski definition) is 0. The van der Waals surface area contributed by atoms with Crippen LogP contribution in [0.3, 0.4) is 0 Å². The largest absolute Gasteiger partial charge is 0.237 e. The maximum atomic E-state index is 4.57. The average Bonchev–Trinajstić information content (AvgIpc) is 2.53. The van der Waals surface area contributed by atoms with Gasteiger partial charge in [0, 0.05) is 4.47 Å². The maximum Gasteiger partial charge on any atom is 0.0823 e. The van der Waals surface area contributed by atoms with Crippen molar-refractivity contribution in [2.45, 2.75) is 12.8 Å². The number of halogens is 1. The predicted molar refractivity (Wildman–Crippen MR) is 81.7 cm³/mol. The zero-order valence-corrected chi connectivity index (χ0v) is 12.5. The van der Waals surface area contributed by atoms with Gasteiger partial charge in [0.25, 0.3) is 0 Å². The molecule has 3 rings (SSSR count). The van der Waals surface area contributed by atoms with Gasteiger partial charge in [-0.2, -0.15) is 0 Å². The lowest BCUT2D eigenvalue weighted by Gasteiger charge is -2.07. The second-order valence-corrected chi connectivity index (χ2v) is 4.72. The summed E-state index contributed by atoms with van der Waals surface area (Å²) in [4.78, 5) is 9.14. The third-order valence-electron chi connectivity index (χ3n) is 2.19. The van der Waals surface area contributed by atoms with Gasteiger partial charge in [0.15, 0.2) is 0 Å². The van der Waals surface area contributed by atoms with E-state index < -0.39 is 0 Å². The Bertz CT molecular complexity index is 350. The highest BCUT2D eigenvalue weighted by Gasteiger charge is 1.95. The minimum absolute atomic E-state index is 0.778. The van der Waals surface area contributed by atoms with Gasteiger partial charge in [0.05, 0.1) is 13.2 Å². The molecule has 0 aromatic heterocycles. The van der Waals surface area contributed by atoms with Gasteiger partial charge in [-0.3, -0.25) is 0 Å². The molecule has 102 valence electrons. The van der Waals surface area contributed by atoms with Crippen molar-refractivity contribution < 1.29 is 9.78 Å². The van der Waals surface area contributed by atoms with Crippen LogP contribution in [0.5, 0.6) is 0 Å². The van der Waals surface area contributed by atoms with Gasteiger partial charge >= 0.3 is 0 Å². The third-order valence-corrected chi connectivity index (χ3v) is 2.72. The van der Waals surface area contributed by atoms with E-state index in [1.165, 1.54) is 0 Å². The highest BCUT2D eigenvalue weighted by atomic mass is 79.9. The molecular formula is C16H19BrO2. The summed E-state index contributed by atoms with van der Waals surface area (Å²) >= 11 is 3.31. The van der Waals surface area contributed by atoms with Crippen LogP contribution in [-0.2, 0) is 9.78 Å². The molecule has 2 aromatic rings. The lowest BCUT2D eigenvalue weighted by molar-refractivity contribution is -0.312. The Labute approximate surface area is 123 Å². The SMILES string of the molecule is Brc1ccccc1.C1CCOOC1.c1ccccc1. The molecule has 0 saturated carbocycles. The van der Waals surface area contributed by atoms with Gasteiger partial charge in [0.1, 0.15) is 0 Å². The highest BCUT2D eigenvalue weighted by molar-refractivity contribution is 9.10. The molecule has 0 atom stereocenters. The lowest BCUT2D eigenvalue weighted by Crippen LogP contribution is -2.05. The van der Waals surface area contributed by atoms with Gasteiger partial charge in [-0.25, -0.2) is 9.78 Å². The Morgan fingerprint density at radius 2 is 1.00 bits per heavy atom. The second-order valence-electron chi connectivity index (χ2n) is 3.80. The molecule has 0 N–H and O–H groups in total. The van der Waals surface area contributed by atoms with Crippen LogP contribution in [0.1, 0.15) is 12.8 Å². The molecule has 0 radical (unpaired) electrons. The van der Waals surface area contributed by atoms with Crippen LogP contribution >= 0.6 is 15.9 Å². The summed E-state index contributed by atoms with van der Waals surface area (Å²) in [6.07, 6.45) is 2.31. The molecule has 0 spiro atoms. The Morgan fingerprint density at radius 3 is 1.21 bits per heavy atom. The molecule has 2 nitrogen and oxygen atoms in total. The minimum atomic E-state index is 0.778. The summed E-state index contributed by atoms with van der Waals surface area (Å²) in [5.41, 5.74) is 0. The Balaban J connectivity index is 0.000000143. The fraction of sp³-hybridized carbons (Fsp3) is 0.250. The van der Waals surface area contributed by atoms with E-state index in [0.29, 0.717) is 0 Å². The van der Waals surface area contributed by atoms with Crippen molar-refractivity contribution in [1.29, 1.82) is 0 Å². The molecule has 0 aliphatic carbocycles. The first-order valence-electron chi connectivity index (χ1n) is 6.34. The summed E-state index contributed by atoms with van der Waals surface area (Å²) in [6.45, 7) is 1.56. The normalized spacial score (nSPS) is 13.3. The molecule has 1 aliphatic heterocycles. The van der Waals surface area contributed by atoms with Crippen LogP contribution in [0.2, 0.25) is 0 Å². The van der Waals surface area contributed by atoms with E-state index in [-0.39, 0.29) is 0 Å². The smallest absolute Gasteiger partial charge is 0.0823 e. The van der Waals surface area contributed by atoms with E-state index in [0.717, 1.165) is 30.5 Å². The summed E-state index contributed by atoms with van der Waals surface area (Å²) < 4.78 is 1.13. The van der Waals surface area contributed by atoms with Crippen molar-refractivity contribution in [3.8, 4) is 0 Å². The minimum Gasteiger partial charge on any atom is -0.237 e. The van der Waals surface area contributed by atoms with Crippen LogP contribution in [0, 0.1) is 0 Å². The predicted octanol–water partition coefficient (Wildman–Crippen LogP) is 4.86. The van der Waals surface area contributed by atoms with Crippen molar-refractivity contribution in [1.82, 2.24) is 0 Å². The molecular weight excluding hydrogens is 304 g/mol. The summed E-state index contributed by atoms with van der Waals surface area (Å²) in [5, 5.41) is 0. The van der Waals surface area contributed by atoms with Gasteiger partial charge in [-0.15, -0.1) is 0 Å². The quantitative estimate of drug-likeness (QED) is 0.644. The van der Waals surface area contributed by atoms with Gasteiger partial charge in [-0.1, -0.05) is 70.5 Å². The molecule has 1 saturated heterocycles. The second kappa shape index (κ2) is 11.9. The lowest BCUT2D eigenvalue weighted by atomic mass is 10.3. The maximum absolute atomic E-state index is 4.57. The molecule has 1 aliphatic rings. The van der Waals surface area contributed by atoms with Crippen molar-refractivity contribution in [3.63, 3.8) is 0 Å². The molecule has 19 heavy (non-hydrogen) atoms. The average molecular weight is 323 g/mol. The zero-order valence-electron chi connectivity index (χ0n) is 10.9. The van der Waals surface area contributed by atoms with Gasteiger partial charge < -0.3 is 0 Å². The number of rotatable bonds is 0. The molecule has 0 amide bonds. The summed E-state index contributed by atoms with van der Waals surface area (Å²) in [5.74, 6) is 0. The first-order valence-corrected chi connectivity index (χ1v) is 7.14. The van der Waals surface area contributed by atoms with Crippen molar-refractivity contribution in [2.75, 3.05) is 13.2 Å². The standard InChI is InChI=1S/C6H5Br.C6H6.C4H8O2/c7-6-4-2-1-3-5-6;2*1-2-4-6-5-3-1/h1-5H;1-6H;1-4H2. The van der Waals surface area contributed by atoms with E-state index in [4.69, 9.17) is 0 Å². The molecule has 3 heteroatoms. The van der Waals surface area contributed by atoms with Crippen LogP contribution in [0.4, 0.5) is 0 Å². The first-order chi connectivity index (χ1) is 9.39. The summed E-state index contributed by atoms with van der Waals surface area (Å²) in [7, 11) is 0. The Kier molecular flexibility index (Phi) is 9.96. The van der Waals surface area contributed by atoms with Crippen molar-refractivity contribution in [2.24, 2.45) is 0 Å². The molecule has 0 unspecified atom stereocenters. The fourth-order valence-corrected chi connectivity index (χ4v) is 1.54. The summed E-state index contributed by atoms with van der Waals surface area (Å²) in [6, 6.07) is 22.0. The van der Waals surface area contributed by atoms with Gasteiger partial charge in [0.2, 0.25) is 0 Å². The highest BCUT2D eigenvalue weighted by Crippen LogP contribution is 2.05. The van der Waals surface area contributed by atoms with Crippen LogP contribution in [0.25, 0.3) is 0 Å². The van der Waals surface area contributed by atoms with E-state index in [9.17, 15) is 0 Å². The molecule has 2 aromatic carbocycles. The molecule has 1 fully saturated rings. The molecule has 1 heterocycles. The molecule has 0 bridgehead atoms. The monoisotopic (exact) mass is 322 g/mol. The third kappa shape index (κ3) is 10.4. The Hall–Kier alpha value is -1.16. The van der Waals surface area contributed by atoms with E-state index in [2.05, 4.69) is 25.7 Å². The van der Waals surface area contributed by atoms with Crippen molar-refractivity contribution >= 4 is 15.9 Å².